The Morgan fingerprint density at radius 1 is 0.719 bits per heavy atom. The summed E-state index contributed by atoms with van der Waals surface area (Å²) in [7, 11) is 0. The number of rotatable bonds is 4. The summed E-state index contributed by atoms with van der Waals surface area (Å²) in [5.74, 6) is -0.952. The molecule has 0 unspecified atom stereocenters. The van der Waals surface area contributed by atoms with Crippen molar-refractivity contribution in [1.29, 1.82) is 0 Å². The third kappa shape index (κ3) is 3.58. The number of Topliss-reactive ketones (excluding diaryl/α,β-unsaturated/α-hetero) is 2. The highest BCUT2D eigenvalue weighted by atomic mass is 16.1. The number of fused-ring (bicyclic) bond motifs is 4. The van der Waals surface area contributed by atoms with E-state index in [0.29, 0.717) is 28.5 Å². The SMILES string of the molecule is [2H]C1=C(C(=O)CN)C2=C(C(=O)CN)C3=NC(=CC4=NC(=CC5=NC(=CC1=N2)C=C5)C=C4)C=C3. The van der Waals surface area contributed by atoms with E-state index >= 15 is 0 Å². The van der Waals surface area contributed by atoms with E-state index in [-0.39, 0.29) is 41.7 Å². The van der Waals surface area contributed by atoms with E-state index in [1.54, 1.807) is 30.4 Å². The van der Waals surface area contributed by atoms with Crippen LogP contribution in [-0.2, 0) is 9.59 Å². The van der Waals surface area contributed by atoms with E-state index in [9.17, 15) is 9.59 Å². The van der Waals surface area contributed by atoms with E-state index in [4.69, 9.17) is 12.8 Å². The van der Waals surface area contributed by atoms with Crippen molar-refractivity contribution in [3.63, 3.8) is 0 Å². The Labute approximate surface area is 185 Å². The summed E-state index contributed by atoms with van der Waals surface area (Å²) in [6.07, 6.45) is 15.9. The van der Waals surface area contributed by atoms with Gasteiger partial charge in [-0.15, -0.1) is 0 Å². The van der Waals surface area contributed by atoms with Crippen molar-refractivity contribution < 1.29 is 11.0 Å². The van der Waals surface area contributed by atoms with Crippen molar-refractivity contribution in [2.24, 2.45) is 31.4 Å². The topological polar surface area (TPSA) is 136 Å². The molecule has 5 aliphatic rings. The van der Waals surface area contributed by atoms with Crippen molar-refractivity contribution >= 4 is 34.4 Å². The van der Waals surface area contributed by atoms with Crippen LogP contribution in [0.25, 0.3) is 0 Å². The molecule has 5 aliphatic heterocycles. The van der Waals surface area contributed by atoms with Crippen LogP contribution in [0.15, 0.2) is 115 Å². The van der Waals surface area contributed by atoms with Gasteiger partial charge in [-0.2, -0.15) is 0 Å². The Morgan fingerprint density at radius 3 is 1.91 bits per heavy atom. The van der Waals surface area contributed by atoms with Crippen molar-refractivity contribution in [3.8, 4) is 0 Å². The molecule has 0 saturated carbocycles. The summed E-state index contributed by atoms with van der Waals surface area (Å²) in [4.78, 5) is 43.7. The summed E-state index contributed by atoms with van der Waals surface area (Å²) >= 11 is 0. The highest BCUT2D eigenvalue weighted by Crippen LogP contribution is 2.29. The summed E-state index contributed by atoms with van der Waals surface area (Å²) in [5.41, 5.74) is 15.2. The van der Waals surface area contributed by atoms with Crippen LogP contribution < -0.4 is 11.5 Å². The van der Waals surface area contributed by atoms with Crippen LogP contribution in [0.1, 0.15) is 1.37 Å². The van der Waals surface area contributed by atoms with Gasteiger partial charge in [0.25, 0.3) is 0 Å². The average Bonchev–Trinajstić information content (AvgIpc) is 3.59. The largest absolute Gasteiger partial charge is 0.324 e. The predicted octanol–water partition coefficient (Wildman–Crippen LogP) is 1.37. The standard InChI is InChI=1S/C24H18N6O2/c25-11-21(31)19-10-18-9-16-4-3-14(28-16)7-13-1-2-15(27-13)8-17-5-6-20(29-17)23(22(32)12-26)24(19)30-18/h1-10H,11-12,25-26H2/i10D. The molecular formula is C24H18N6O2. The number of nitrogens with two attached hydrogens (primary N) is 2. The van der Waals surface area contributed by atoms with Crippen LogP contribution in [0, 0.1) is 0 Å². The fraction of sp³-hybridized carbons (Fsp3) is 0.0833. The van der Waals surface area contributed by atoms with Gasteiger partial charge in [0, 0.05) is 5.57 Å². The number of hydrogen-bond acceptors (Lipinski definition) is 8. The molecule has 0 spiro atoms. The zero-order chi connectivity index (χ0) is 23.1. The molecule has 0 fully saturated rings. The maximum absolute atomic E-state index is 12.9. The van der Waals surface area contributed by atoms with E-state index in [2.05, 4.69) is 20.0 Å². The fourth-order valence-electron chi connectivity index (χ4n) is 3.59. The predicted molar refractivity (Wildman–Crippen MR) is 125 cm³/mol. The Bertz CT molecular complexity index is 1400. The summed E-state index contributed by atoms with van der Waals surface area (Å²) in [6.45, 7) is -0.645. The molecule has 0 atom stereocenters. The molecule has 0 aromatic heterocycles. The molecule has 0 aromatic carbocycles. The molecule has 4 N–H and O–H groups in total. The van der Waals surface area contributed by atoms with Gasteiger partial charge < -0.3 is 11.5 Å². The third-order valence-corrected chi connectivity index (χ3v) is 5.05. The Balaban J connectivity index is 1.79. The van der Waals surface area contributed by atoms with Gasteiger partial charge in [-0.1, -0.05) is 0 Å². The number of nitrogens with zero attached hydrogens (tertiary/aromatic N) is 4. The van der Waals surface area contributed by atoms with Crippen LogP contribution in [0.4, 0.5) is 0 Å². The van der Waals surface area contributed by atoms with Crippen molar-refractivity contribution in [1.82, 2.24) is 0 Å². The highest BCUT2D eigenvalue weighted by Gasteiger charge is 2.29. The lowest BCUT2D eigenvalue weighted by Gasteiger charge is -2.09. The van der Waals surface area contributed by atoms with Crippen LogP contribution >= 0.6 is 0 Å². The maximum atomic E-state index is 12.9. The van der Waals surface area contributed by atoms with Gasteiger partial charge in [0.1, 0.15) is 0 Å². The third-order valence-electron chi connectivity index (χ3n) is 5.05. The molecule has 0 aromatic rings. The molecule has 0 amide bonds. The first-order chi connectivity index (χ1) is 16.0. The molecule has 8 nitrogen and oxygen atoms in total. The molecule has 156 valence electrons. The minimum absolute atomic E-state index is 0.0290. The van der Waals surface area contributed by atoms with Gasteiger partial charge in [0.2, 0.25) is 0 Å². The van der Waals surface area contributed by atoms with Crippen LogP contribution in [0.2, 0.25) is 0 Å². The van der Waals surface area contributed by atoms with Gasteiger partial charge in [0.05, 0.1) is 65.7 Å². The zero-order valence-corrected chi connectivity index (χ0v) is 16.9. The number of carbonyl (C=O) groups is 2. The lowest BCUT2D eigenvalue weighted by atomic mass is 9.97. The molecular weight excluding hydrogens is 404 g/mol. The zero-order valence-electron chi connectivity index (χ0n) is 17.9. The number of aliphatic imine (C=N–C) groups is 4. The quantitative estimate of drug-likeness (QED) is 0.706. The number of ketones is 2. The minimum atomic E-state index is -0.501. The molecule has 5 rings (SSSR count). The second-order valence-electron chi connectivity index (χ2n) is 7.25. The van der Waals surface area contributed by atoms with Crippen LogP contribution in [0.5, 0.6) is 0 Å². The number of allylic oxidation sites excluding steroid dienone is 11. The lowest BCUT2D eigenvalue weighted by Crippen LogP contribution is -2.23. The first-order valence-electron chi connectivity index (χ1n) is 10.4. The van der Waals surface area contributed by atoms with E-state index in [0.717, 1.165) is 5.70 Å². The van der Waals surface area contributed by atoms with Crippen molar-refractivity contribution in [2.75, 3.05) is 13.1 Å². The number of hydrogen-bond donors (Lipinski definition) is 2. The van der Waals surface area contributed by atoms with Gasteiger partial charge in [-0.3, -0.25) is 9.59 Å². The Morgan fingerprint density at radius 2 is 1.28 bits per heavy atom. The minimum Gasteiger partial charge on any atom is -0.324 e. The molecule has 0 radical (unpaired) electrons. The Hall–Kier alpha value is -4.14. The van der Waals surface area contributed by atoms with Gasteiger partial charge in [0.15, 0.2) is 11.6 Å². The summed E-state index contributed by atoms with van der Waals surface area (Å²) < 4.78 is 8.59. The fourth-order valence-corrected chi connectivity index (χ4v) is 3.59. The van der Waals surface area contributed by atoms with Gasteiger partial charge in [-0.25, -0.2) is 20.0 Å². The normalized spacial score (nSPS) is 21.2. The lowest BCUT2D eigenvalue weighted by molar-refractivity contribution is -0.114. The highest BCUT2D eigenvalue weighted by molar-refractivity contribution is 6.31. The molecule has 5 heterocycles. The molecule has 8 bridgehead atoms. The smallest absolute Gasteiger partial charge is 0.180 e. The molecule has 8 heteroatoms. The van der Waals surface area contributed by atoms with E-state index in [1.807, 2.05) is 24.3 Å². The second-order valence-corrected chi connectivity index (χ2v) is 7.25. The second kappa shape index (κ2) is 7.84. The van der Waals surface area contributed by atoms with Crippen LogP contribution in [0.3, 0.4) is 0 Å². The van der Waals surface area contributed by atoms with Crippen molar-refractivity contribution in [3.05, 3.63) is 94.7 Å². The number of carbonyl (C=O) groups excluding carboxylic acids is 2. The molecule has 0 saturated heterocycles. The average molecular weight is 423 g/mol. The monoisotopic (exact) mass is 423 g/mol. The van der Waals surface area contributed by atoms with Crippen LogP contribution in [-0.4, -0.2) is 47.5 Å². The molecule has 32 heavy (non-hydrogen) atoms. The van der Waals surface area contributed by atoms with Gasteiger partial charge in [-0.05, 0) is 60.7 Å². The van der Waals surface area contributed by atoms with Crippen molar-refractivity contribution in [2.45, 2.75) is 0 Å². The first-order valence-corrected chi connectivity index (χ1v) is 9.93. The maximum Gasteiger partial charge on any atom is 0.180 e. The summed E-state index contributed by atoms with van der Waals surface area (Å²) in [5, 5.41) is 0. The summed E-state index contributed by atoms with van der Waals surface area (Å²) in [6, 6.07) is -0.124. The Kier molecular flexibility index (Phi) is 4.56. The molecule has 0 aliphatic carbocycles. The first kappa shape index (κ1) is 18.6. The van der Waals surface area contributed by atoms with E-state index < -0.39 is 11.6 Å². The van der Waals surface area contributed by atoms with E-state index in [1.165, 1.54) is 0 Å². The van der Waals surface area contributed by atoms with Gasteiger partial charge >= 0.3 is 0 Å².